The van der Waals surface area contributed by atoms with E-state index in [2.05, 4.69) is 26.3 Å². The van der Waals surface area contributed by atoms with E-state index in [1.54, 1.807) is 16.9 Å². The second kappa shape index (κ2) is 7.57. The summed E-state index contributed by atoms with van der Waals surface area (Å²) in [6, 6.07) is 5.32. The third kappa shape index (κ3) is 4.19. The van der Waals surface area contributed by atoms with Gasteiger partial charge in [0.05, 0.1) is 11.8 Å². The molecule has 0 fully saturated rings. The van der Waals surface area contributed by atoms with E-state index in [0.29, 0.717) is 5.82 Å². The molecule has 1 heterocycles. The molecule has 24 heavy (non-hydrogen) atoms. The number of carbonyl (C=O) groups is 2. The lowest BCUT2D eigenvalue weighted by Gasteiger charge is -2.16. The summed E-state index contributed by atoms with van der Waals surface area (Å²) in [4.78, 5) is 24.3. The number of benzene rings is 1. The maximum Gasteiger partial charge on any atom is 0.340 e. The molecule has 0 saturated heterocycles. The van der Waals surface area contributed by atoms with Gasteiger partial charge in [-0.1, -0.05) is 0 Å². The van der Waals surface area contributed by atoms with E-state index in [1.807, 2.05) is 13.8 Å². The normalized spacial score (nSPS) is 12.1. The fourth-order valence-electron chi connectivity index (χ4n) is 1.99. The standard InChI is InChI=1S/C16H17BrFN3O3/c1-9(2)21-14(6-7-19-21)20-15(22)10(3)24-16(23)12-5-4-11(18)8-13(12)17/h4-10H,1-3H3,(H,20,22)/t10-/m1/s1. The first-order valence-corrected chi connectivity index (χ1v) is 8.09. The van der Waals surface area contributed by atoms with Gasteiger partial charge in [0.1, 0.15) is 11.6 Å². The molecule has 0 bridgehead atoms. The molecule has 0 spiro atoms. The number of rotatable bonds is 5. The van der Waals surface area contributed by atoms with Crippen molar-refractivity contribution in [1.82, 2.24) is 9.78 Å². The second-order valence-corrected chi connectivity index (χ2v) is 6.27. The Morgan fingerprint density at radius 3 is 2.62 bits per heavy atom. The lowest BCUT2D eigenvalue weighted by molar-refractivity contribution is -0.123. The van der Waals surface area contributed by atoms with Crippen LogP contribution in [0.3, 0.4) is 0 Å². The summed E-state index contributed by atoms with van der Waals surface area (Å²) in [5.74, 6) is -1.17. The van der Waals surface area contributed by atoms with Gasteiger partial charge in [-0.25, -0.2) is 13.9 Å². The summed E-state index contributed by atoms with van der Waals surface area (Å²) in [6.07, 6.45) is 0.548. The van der Waals surface area contributed by atoms with Gasteiger partial charge in [0.2, 0.25) is 0 Å². The molecule has 8 heteroatoms. The molecule has 1 amide bonds. The Kier molecular flexibility index (Phi) is 5.71. The first-order chi connectivity index (χ1) is 11.3. The van der Waals surface area contributed by atoms with Crippen molar-refractivity contribution in [3.8, 4) is 0 Å². The molecule has 0 aliphatic rings. The van der Waals surface area contributed by atoms with Gasteiger partial charge in [0, 0.05) is 16.6 Å². The molecule has 1 N–H and O–H groups in total. The number of carbonyl (C=O) groups excluding carboxylic acids is 2. The fourth-order valence-corrected chi connectivity index (χ4v) is 2.50. The highest BCUT2D eigenvalue weighted by molar-refractivity contribution is 9.10. The Balaban J connectivity index is 2.03. The van der Waals surface area contributed by atoms with Crippen LogP contribution in [0.1, 0.15) is 37.2 Å². The molecule has 0 aliphatic carbocycles. The van der Waals surface area contributed by atoms with Gasteiger partial charge in [0.25, 0.3) is 5.91 Å². The van der Waals surface area contributed by atoms with E-state index >= 15 is 0 Å². The number of anilines is 1. The zero-order valence-corrected chi connectivity index (χ0v) is 15.0. The van der Waals surface area contributed by atoms with Crippen LogP contribution in [0.4, 0.5) is 10.2 Å². The summed E-state index contributed by atoms with van der Waals surface area (Å²) in [5, 5.41) is 6.77. The van der Waals surface area contributed by atoms with Gasteiger partial charge in [-0.05, 0) is 54.9 Å². The van der Waals surface area contributed by atoms with Gasteiger partial charge in [0.15, 0.2) is 6.10 Å². The minimum Gasteiger partial charge on any atom is -0.449 e. The monoisotopic (exact) mass is 397 g/mol. The minimum atomic E-state index is -1.02. The number of amides is 1. The molecule has 1 atom stereocenters. The first-order valence-electron chi connectivity index (χ1n) is 7.30. The number of hydrogen-bond acceptors (Lipinski definition) is 4. The molecular weight excluding hydrogens is 381 g/mol. The Labute approximate surface area is 147 Å². The molecule has 0 aliphatic heterocycles. The van der Waals surface area contributed by atoms with Crippen LogP contribution in [-0.2, 0) is 9.53 Å². The molecule has 6 nitrogen and oxygen atoms in total. The van der Waals surface area contributed by atoms with Crippen molar-refractivity contribution in [2.24, 2.45) is 0 Å². The number of aromatic nitrogens is 2. The SMILES string of the molecule is CC(C)n1nccc1NC(=O)[C@@H](C)OC(=O)c1ccc(F)cc1Br. The van der Waals surface area contributed by atoms with Crippen LogP contribution < -0.4 is 5.32 Å². The number of nitrogens with one attached hydrogen (secondary N) is 1. The number of hydrogen-bond donors (Lipinski definition) is 1. The Bertz CT molecular complexity index is 761. The van der Waals surface area contributed by atoms with Crippen LogP contribution in [0, 0.1) is 5.82 Å². The van der Waals surface area contributed by atoms with E-state index in [9.17, 15) is 14.0 Å². The summed E-state index contributed by atoms with van der Waals surface area (Å²) in [5.41, 5.74) is 0.142. The summed E-state index contributed by atoms with van der Waals surface area (Å²) >= 11 is 3.10. The van der Waals surface area contributed by atoms with E-state index in [0.717, 1.165) is 12.1 Å². The van der Waals surface area contributed by atoms with Gasteiger partial charge >= 0.3 is 5.97 Å². The van der Waals surface area contributed by atoms with Crippen molar-refractivity contribution in [1.29, 1.82) is 0 Å². The van der Waals surface area contributed by atoms with Crippen molar-refractivity contribution < 1.29 is 18.7 Å². The highest BCUT2D eigenvalue weighted by atomic mass is 79.9. The van der Waals surface area contributed by atoms with Crippen LogP contribution in [0.25, 0.3) is 0 Å². The van der Waals surface area contributed by atoms with Gasteiger partial charge in [-0.2, -0.15) is 5.10 Å². The molecule has 0 radical (unpaired) electrons. The van der Waals surface area contributed by atoms with Crippen molar-refractivity contribution in [3.63, 3.8) is 0 Å². The smallest absolute Gasteiger partial charge is 0.340 e. The summed E-state index contributed by atoms with van der Waals surface area (Å²) in [6.45, 7) is 5.32. The maximum atomic E-state index is 13.1. The first kappa shape index (κ1) is 18.1. The molecule has 2 rings (SSSR count). The lowest BCUT2D eigenvalue weighted by atomic mass is 10.2. The van der Waals surface area contributed by atoms with E-state index in [1.165, 1.54) is 13.0 Å². The van der Waals surface area contributed by atoms with Crippen LogP contribution in [-0.4, -0.2) is 27.8 Å². The minimum absolute atomic E-state index is 0.0725. The molecule has 1 aromatic heterocycles. The van der Waals surface area contributed by atoms with Gasteiger partial charge < -0.3 is 10.1 Å². The number of ether oxygens (including phenoxy) is 1. The number of halogens is 2. The second-order valence-electron chi connectivity index (χ2n) is 5.42. The molecule has 0 unspecified atom stereocenters. The van der Waals surface area contributed by atoms with E-state index < -0.39 is 23.8 Å². The summed E-state index contributed by atoms with van der Waals surface area (Å²) in [7, 11) is 0. The molecule has 0 saturated carbocycles. The molecule has 128 valence electrons. The Hall–Kier alpha value is -2.22. The van der Waals surface area contributed by atoms with Gasteiger partial charge in [-0.3, -0.25) is 4.79 Å². The van der Waals surface area contributed by atoms with Crippen LogP contribution in [0.15, 0.2) is 34.9 Å². The number of nitrogens with zero attached hydrogens (tertiary/aromatic N) is 2. The van der Waals surface area contributed by atoms with Crippen LogP contribution in [0.5, 0.6) is 0 Å². The van der Waals surface area contributed by atoms with Crippen LogP contribution in [0.2, 0.25) is 0 Å². The largest absolute Gasteiger partial charge is 0.449 e. The van der Waals surface area contributed by atoms with E-state index in [4.69, 9.17) is 4.74 Å². The quantitative estimate of drug-likeness (QED) is 0.782. The zero-order chi connectivity index (χ0) is 17.9. The van der Waals surface area contributed by atoms with Crippen LogP contribution >= 0.6 is 15.9 Å². The molecular formula is C16H17BrFN3O3. The highest BCUT2D eigenvalue weighted by Gasteiger charge is 2.22. The molecule has 1 aromatic carbocycles. The van der Waals surface area contributed by atoms with Crippen molar-refractivity contribution in [3.05, 3.63) is 46.3 Å². The Morgan fingerprint density at radius 1 is 1.29 bits per heavy atom. The maximum absolute atomic E-state index is 13.1. The Morgan fingerprint density at radius 2 is 2.00 bits per heavy atom. The fraction of sp³-hybridized carbons (Fsp3) is 0.312. The lowest BCUT2D eigenvalue weighted by Crippen LogP contribution is -2.31. The third-order valence-electron chi connectivity index (χ3n) is 3.21. The topological polar surface area (TPSA) is 73.2 Å². The predicted octanol–water partition coefficient (Wildman–Crippen LogP) is 3.55. The van der Waals surface area contributed by atoms with Crippen molar-refractivity contribution >= 4 is 33.6 Å². The van der Waals surface area contributed by atoms with Gasteiger partial charge in [-0.15, -0.1) is 0 Å². The zero-order valence-electron chi connectivity index (χ0n) is 13.4. The highest BCUT2D eigenvalue weighted by Crippen LogP contribution is 2.20. The molecule has 2 aromatic rings. The summed E-state index contributed by atoms with van der Waals surface area (Å²) < 4.78 is 20.1. The third-order valence-corrected chi connectivity index (χ3v) is 3.87. The van der Waals surface area contributed by atoms with Crippen molar-refractivity contribution in [2.75, 3.05) is 5.32 Å². The average Bonchev–Trinajstić information content (AvgIpc) is 2.95. The number of esters is 1. The average molecular weight is 398 g/mol. The predicted molar refractivity (Wildman–Crippen MR) is 90.2 cm³/mol. The van der Waals surface area contributed by atoms with E-state index in [-0.39, 0.29) is 16.1 Å². The van der Waals surface area contributed by atoms with Crippen molar-refractivity contribution in [2.45, 2.75) is 32.9 Å².